The lowest BCUT2D eigenvalue weighted by Crippen LogP contribution is -2.31. The molecular formula is C15H19Cl2N3. The number of likely N-dealkylation sites (N-methyl/N-ethyl adjacent to an activating group) is 1. The molecule has 0 aliphatic heterocycles. The van der Waals surface area contributed by atoms with Crippen molar-refractivity contribution in [1.82, 2.24) is 14.9 Å². The third-order valence-electron chi connectivity index (χ3n) is 3.45. The van der Waals surface area contributed by atoms with Gasteiger partial charge in [0.05, 0.1) is 10.0 Å². The largest absolute Gasteiger partial charge is 0.335 e. The first kappa shape index (κ1) is 15.4. The SMILES string of the molecule is CCn1ccnc1CC(Cc1ccc(Cl)c(Cl)c1)NC. The third kappa shape index (κ3) is 3.75. The topological polar surface area (TPSA) is 29.9 Å². The second kappa shape index (κ2) is 7.11. The summed E-state index contributed by atoms with van der Waals surface area (Å²) in [6.45, 7) is 3.07. The summed E-state index contributed by atoms with van der Waals surface area (Å²) in [6.07, 6.45) is 5.65. The third-order valence-corrected chi connectivity index (χ3v) is 4.18. The first-order valence-electron chi connectivity index (χ1n) is 6.75. The molecule has 2 aromatic rings. The molecule has 1 heterocycles. The molecule has 0 aliphatic carbocycles. The number of nitrogens with one attached hydrogen (secondary N) is 1. The van der Waals surface area contributed by atoms with E-state index in [1.165, 1.54) is 5.56 Å². The Morgan fingerprint density at radius 2 is 2.05 bits per heavy atom. The summed E-state index contributed by atoms with van der Waals surface area (Å²) in [5, 5.41) is 4.55. The maximum absolute atomic E-state index is 6.06. The normalized spacial score (nSPS) is 12.6. The van der Waals surface area contributed by atoms with Crippen LogP contribution in [0.3, 0.4) is 0 Å². The van der Waals surface area contributed by atoms with E-state index in [4.69, 9.17) is 23.2 Å². The van der Waals surface area contributed by atoms with Crippen LogP contribution in [0, 0.1) is 0 Å². The average Bonchev–Trinajstić information content (AvgIpc) is 2.89. The van der Waals surface area contributed by atoms with Crippen molar-refractivity contribution in [2.24, 2.45) is 0 Å². The molecule has 5 heteroatoms. The summed E-state index contributed by atoms with van der Waals surface area (Å²) in [7, 11) is 1.97. The molecule has 20 heavy (non-hydrogen) atoms. The summed E-state index contributed by atoms with van der Waals surface area (Å²) in [4.78, 5) is 4.42. The van der Waals surface area contributed by atoms with Crippen LogP contribution in [0.5, 0.6) is 0 Å². The molecule has 1 atom stereocenters. The molecule has 1 N–H and O–H groups in total. The number of imidazole rings is 1. The van der Waals surface area contributed by atoms with E-state index in [0.29, 0.717) is 16.1 Å². The Hall–Kier alpha value is -1.03. The molecule has 0 saturated carbocycles. The van der Waals surface area contributed by atoms with Gasteiger partial charge in [-0.1, -0.05) is 29.3 Å². The monoisotopic (exact) mass is 311 g/mol. The second-order valence-electron chi connectivity index (χ2n) is 4.77. The van der Waals surface area contributed by atoms with Gasteiger partial charge >= 0.3 is 0 Å². The fourth-order valence-electron chi connectivity index (χ4n) is 2.27. The predicted molar refractivity (Wildman–Crippen MR) is 84.6 cm³/mol. The Bertz CT molecular complexity index is 566. The van der Waals surface area contributed by atoms with Crippen molar-refractivity contribution in [2.75, 3.05) is 7.05 Å². The van der Waals surface area contributed by atoms with Gasteiger partial charge in [0, 0.05) is 31.4 Å². The van der Waals surface area contributed by atoms with E-state index in [1.54, 1.807) is 0 Å². The van der Waals surface area contributed by atoms with E-state index in [2.05, 4.69) is 21.8 Å². The van der Waals surface area contributed by atoms with Gasteiger partial charge in [0.1, 0.15) is 5.82 Å². The van der Waals surface area contributed by atoms with Crippen LogP contribution < -0.4 is 5.32 Å². The number of hydrogen-bond acceptors (Lipinski definition) is 2. The van der Waals surface area contributed by atoms with E-state index in [1.807, 2.05) is 37.6 Å². The van der Waals surface area contributed by atoms with Gasteiger partial charge in [0.15, 0.2) is 0 Å². The maximum Gasteiger partial charge on any atom is 0.110 e. The molecule has 1 aromatic carbocycles. The fourth-order valence-corrected chi connectivity index (χ4v) is 2.59. The summed E-state index contributed by atoms with van der Waals surface area (Å²) >= 11 is 12.0. The minimum Gasteiger partial charge on any atom is -0.335 e. The van der Waals surface area contributed by atoms with Gasteiger partial charge in [-0.15, -0.1) is 0 Å². The molecule has 0 saturated heterocycles. The Kier molecular flexibility index (Phi) is 5.46. The van der Waals surface area contributed by atoms with E-state index in [0.717, 1.165) is 25.2 Å². The van der Waals surface area contributed by atoms with Crippen molar-refractivity contribution in [3.63, 3.8) is 0 Å². The van der Waals surface area contributed by atoms with Gasteiger partial charge in [0.2, 0.25) is 0 Å². The lowest BCUT2D eigenvalue weighted by Gasteiger charge is -2.17. The van der Waals surface area contributed by atoms with Crippen LogP contribution >= 0.6 is 23.2 Å². The van der Waals surface area contributed by atoms with E-state index >= 15 is 0 Å². The molecular weight excluding hydrogens is 293 g/mol. The second-order valence-corrected chi connectivity index (χ2v) is 5.59. The van der Waals surface area contributed by atoms with Crippen LogP contribution in [0.2, 0.25) is 10.0 Å². The number of hydrogen-bond donors (Lipinski definition) is 1. The van der Waals surface area contributed by atoms with Crippen LogP contribution in [-0.4, -0.2) is 22.6 Å². The number of benzene rings is 1. The fraction of sp³-hybridized carbons (Fsp3) is 0.400. The molecule has 1 aromatic heterocycles. The molecule has 0 aliphatic rings. The molecule has 108 valence electrons. The number of halogens is 2. The molecule has 3 nitrogen and oxygen atoms in total. The Morgan fingerprint density at radius 3 is 2.70 bits per heavy atom. The van der Waals surface area contributed by atoms with Crippen molar-refractivity contribution in [2.45, 2.75) is 32.4 Å². The molecule has 0 bridgehead atoms. The zero-order valence-electron chi connectivity index (χ0n) is 11.7. The van der Waals surface area contributed by atoms with Gasteiger partial charge in [-0.05, 0) is 38.1 Å². The zero-order chi connectivity index (χ0) is 14.5. The first-order valence-corrected chi connectivity index (χ1v) is 7.50. The lowest BCUT2D eigenvalue weighted by molar-refractivity contribution is 0.527. The van der Waals surface area contributed by atoms with E-state index in [9.17, 15) is 0 Å². The van der Waals surface area contributed by atoms with Crippen LogP contribution in [0.4, 0.5) is 0 Å². The Morgan fingerprint density at radius 1 is 1.25 bits per heavy atom. The van der Waals surface area contributed by atoms with Gasteiger partial charge in [0.25, 0.3) is 0 Å². The van der Waals surface area contributed by atoms with E-state index < -0.39 is 0 Å². The number of rotatable bonds is 6. The highest BCUT2D eigenvalue weighted by Gasteiger charge is 2.12. The highest BCUT2D eigenvalue weighted by molar-refractivity contribution is 6.42. The lowest BCUT2D eigenvalue weighted by atomic mass is 10.0. The minimum absolute atomic E-state index is 0.319. The number of aryl methyl sites for hydroxylation is 1. The number of nitrogens with zero attached hydrogens (tertiary/aromatic N) is 2. The highest BCUT2D eigenvalue weighted by atomic mass is 35.5. The quantitative estimate of drug-likeness (QED) is 0.883. The summed E-state index contributed by atoms with van der Waals surface area (Å²) in [5.41, 5.74) is 1.17. The molecule has 2 rings (SSSR count). The maximum atomic E-state index is 6.06. The smallest absolute Gasteiger partial charge is 0.110 e. The molecule has 0 radical (unpaired) electrons. The minimum atomic E-state index is 0.319. The van der Waals surface area contributed by atoms with Crippen molar-refractivity contribution < 1.29 is 0 Å². The molecule has 0 spiro atoms. The van der Waals surface area contributed by atoms with Gasteiger partial charge in [-0.25, -0.2) is 4.98 Å². The summed E-state index contributed by atoms with van der Waals surface area (Å²) in [5.74, 6) is 1.10. The molecule has 0 amide bonds. The Labute approximate surface area is 129 Å². The van der Waals surface area contributed by atoms with Crippen LogP contribution in [0.1, 0.15) is 18.3 Å². The first-order chi connectivity index (χ1) is 9.63. The molecule has 1 unspecified atom stereocenters. The van der Waals surface area contributed by atoms with Gasteiger partial charge in [-0.2, -0.15) is 0 Å². The number of aromatic nitrogens is 2. The van der Waals surface area contributed by atoms with Crippen molar-refractivity contribution in [3.05, 3.63) is 52.0 Å². The van der Waals surface area contributed by atoms with Gasteiger partial charge < -0.3 is 9.88 Å². The molecule has 0 fully saturated rings. The van der Waals surface area contributed by atoms with Gasteiger partial charge in [-0.3, -0.25) is 0 Å². The summed E-state index contributed by atoms with van der Waals surface area (Å²) < 4.78 is 2.17. The van der Waals surface area contributed by atoms with Crippen LogP contribution in [-0.2, 0) is 19.4 Å². The van der Waals surface area contributed by atoms with Crippen molar-refractivity contribution in [3.8, 4) is 0 Å². The van der Waals surface area contributed by atoms with Crippen LogP contribution in [0.15, 0.2) is 30.6 Å². The van der Waals surface area contributed by atoms with Crippen molar-refractivity contribution in [1.29, 1.82) is 0 Å². The predicted octanol–water partition coefficient (Wildman–Crippen LogP) is 3.58. The highest BCUT2D eigenvalue weighted by Crippen LogP contribution is 2.23. The van der Waals surface area contributed by atoms with E-state index in [-0.39, 0.29) is 0 Å². The average molecular weight is 312 g/mol. The Balaban J connectivity index is 2.07. The standard InChI is InChI=1S/C15H19Cl2N3/c1-3-20-7-6-19-15(20)10-12(18-2)8-11-4-5-13(16)14(17)9-11/h4-7,9,12,18H,3,8,10H2,1-2H3. The van der Waals surface area contributed by atoms with Crippen LogP contribution in [0.25, 0.3) is 0 Å². The summed E-state index contributed by atoms with van der Waals surface area (Å²) in [6, 6.07) is 6.12. The van der Waals surface area contributed by atoms with Crippen molar-refractivity contribution >= 4 is 23.2 Å². The zero-order valence-corrected chi connectivity index (χ0v) is 13.2.